The monoisotopic (exact) mass is 294 g/mol. The first-order valence-electron chi connectivity index (χ1n) is 5.86. The van der Waals surface area contributed by atoms with Gasteiger partial charge >= 0.3 is 20.7 Å². The Morgan fingerprint density at radius 1 is 0.889 bits per heavy atom. The van der Waals surface area contributed by atoms with Gasteiger partial charge < -0.3 is 8.85 Å². The van der Waals surface area contributed by atoms with Gasteiger partial charge in [0.2, 0.25) is 0 Å². The molecule has 0 saturated heterocycles. The lowest BCUT2D eigenvalue weighted by Gasteiger charge is -2.30. The Morgan fingerprint density at radius 3 is 1.61 bits per heavy atom. The minimum absolute atomic E-state index is 0.248. The van der Waals surface area contributed by atoms with Gasteiger partial charge in [-0.3, -0.25) is 0 Å². The van der Waals surface area contributed by atoms with Gasteiger partial charge in [-0.2, -0.15) is 22.0 Å². The molecule has 0 spiro atoms. The molecule has 0 radical (unpaired) electrons. The largest absolute Gasteiger partial charge is 0.453 e. The number of hydrogen-bond donors (Lipinski definition) is 0. The Balaban J connectivity index is 4.70. The van der Waals surface area contributed by atoms with Crippen LogP contribution in [0.1, 0.15) is 27.2 Å². The Labute approximate surface area is 105 Å². The molecule has 0 aromatic carbocycles. The van der Waals surface area contributed by atoms with Crippen molar-refractivity contribution >= 4 is 8.56 Å². The Bertz CT molecular complexity index is 239. The van der Waals surface area contributed by atoms with Crippen molar-refractivity contribution < 1.29 is 30.8 Å². The van der Waals surface area contributed by atoms with Crippen LogP contribution in [-0.4, -0.2) is 33.9 Å². The van der Waals surface area contributed by atoms with Crippen molar-refractivity contribution in [2.24, 2.45) is 0 Å². The minimum Gasteiger partial charge on any atom is -0.394 e. The number of halogens is 5. The average molecular weight is 294 g/mol. The van der Waals surface area contributed by atoms with Crippen molar-refractivity contribution in [1.29, 1.82) is 0 Å². The molecule has 0 unspecified atom stereocenters. The van der Waals surface area contributed by atoms with Gasteiger partial charge in [-0.05, 0) is 25.9 Å². The molecule has 0 N–H and O–H groups in total. The lowest BCUT2D eigenvalue weighted by atomic mass is 10.2. The van der Waals surface area contributed by atoms with Gasteiger partial charge in [-0.25, -0.2) is 0 Å². The first-order chi connectivity index (χ1) is 8.14. The molecule has 0 aromatic heterocycles. The lowest BCUT2D eigenvalue weighted by molar-refractivity contribution is -0.283. The highest BCUT2D eigenvalue weighted by Crippen LogP contribution is 2.40. The van der Waals surface area contributed by atoms with Crippen LogP contribution in [0.2, 0.25) is 12.1 Å². The summed E-state index contributed by atoms with van der Waals surface area (Å²) >= 11 is 0. The van der Waals surface area contributed by atoms with E-state index in [-0.39, 0.29) is 19.3 Å². The maximum absolute atomic E-state index is 12.9. The Hall–Kier alpha value is -0.213. The molecule has 0 aliphatic heterocycles. The van der Waals surface area contributed by atoms with Gasteiger partial charge in [-0.1, -0.05) is 6.92 Å². The summed E-state index contributed by atoms with van der Waals surface area (Å²) in [5.74, 6) is -4.69. The summed E-state index contributed by atoms with van der Waals surface area (Å²) in [5.41, 5.74) is 0. The summed E-state index contributed by atoms with van der Waals surface area (Å²) in [7, 11) is -2.94. The van der Waals surface area contributed by atoms with E-state index in [1.165, 1.54) is 0 Å². The van der Waals surface area contributed by atoms with Crippen molar-refractivity contribution in [3.05, 3.63) is 0 Å². The van der Waals surface area contributed by atoms with E-state index < -0.39 is 27.1 Å². The summed E-state index contributed by atoms with van der Waals surface area (Å²) in [6.45, 7) is 5.51. The molecular formula is C10H19F5O2Si. The quantitative estimate of drug-likeness (QED) is 0.495. The van der Waals surface area contributed by atoms with Crippen LogP contribution in [0.3, 0.4) is 0 Å². The molecule has 110 valence electrons. The highest BCUT2D eigenvalue weighted by molar-refractivity contribution is 6.67. The molecule has 0 aromatic rings. The normalized spacial score (nSPS) is 14.0. The molecule has 8 heteroatoms. The zero-order valence-electron chi connectivity index (χ0n) is 10.7. The second-order valence-electron chi connectivity index (χ2n) is 3.83. The third kappa shape index (κ3) is 4.81. The zero-order valence-corrected chi connectivity index (χ0v) is 11.7. The van der Waals surface area contributed by atoms with Gasteiger partial charge in [0.25, 0.3) is 0 Å². The number of hydrogen-bond acceptors (Lipinski definition) is 2. The van der Waals surface area contributed by atoms with Crippen molar-refractivity contribution in [3.8, 4) is 0 Å². The van der Waals surface area contributed by atoms with Crippen molar-refractivity contribution in [1.82, 2.24) is 0 Å². The topological polar surface area (TPSA) is 18.5 Å². The van der Waals surface area contributed by atoms with E-state index in [4.69, 9.17) is 8.85 Å². The van der Waals surface area contributed by atoms with Crippen LogP contribution in [-0.2, 0) is 8.85 Å². The van der Waals surface area contributed by atoms with Gasteiger partial charge in [-0.15, -0.1) is 0 Å². The molecular weight excluding hydrogens is 275 g/mol. The van der Waals surface area contributed by atoms with Crippen LogP contribution in [0.15, 0.2) is 0 Å². The molecule has 0 heterocycles. The van der Waals surface area contributed by atoms with Crippen LogP contribution in [0.25, 0.3) is 0 Å². The molecule has 0 atom stereocenters. The van der Waals surface area contributed by atoms with Crippen LogP contribution in [0, 0.1) is 0 Å². The maximum Gasteiger partial charge on any atom is 0.453 e. The van der Waals surface area contributed by atoms with Gasteiger partial charge in [0.15, 0.2) is 0 Å². The molecule has 2 nitrogen and oxygen atoms in total. The van der Waals surface area contributed by atoms with Crippen LogP contribution in [0.5, 0.6) is 0 Å². The lowest BCUT2D eigenvalue weighted by Crippen LogP contribution is -2.45. The maximum atomic E-state index is 12.9. The SMILES string of the molecule is CCO[Si](CC)(CCC(F)(F)C(F)(F)F)OCC. The Kier molecular flexibility index (Phi) is 6.73. The van der Waals surface area contributed by atoms with E-state index in [1.807, 2.05) is 0 Å². The molecule has 0 fully saturated rings. The summed E-state index contributed by atoms with van der Waals surface area (Å²) in [4.78, 5) is 0. The fourth-order valence-corrected chi connectivity index (χ4v) is 4.46. The zero-order chi connectivity index (χ0) is 14.4. The van der Waals surface area contributed by atoms with E-state index in [0.29, 0.717) is 6.04 Å². The Morgan fingerprint density at radius 2 is 1.33 bits per heavy atom. The van der Waals surface area contributed by atoms with E-state index in [9.17, 15) is 22.0 Å². The van der Waals surface area contributed by atoms with Crippen molar-refractivity contribution in [3.63, 3.8) is 0 Å². The van der Waals surface area contributed by atoms with Gasteiger partial charge in [0, 0.05) is 19.6 Å². The summed E-state index contributed by atoms with van der Waals surface area (Å²) in [5, 5.41) is 0. The molecule has 0 aliphatic carbocycles. The van der Waals surface area contributed by atoms with Crippen LogP contribution < -0.4 is 0 Å². The van der Waals surface area contributed by atoms with E-state index >= 15 is 0 Å². The van der Waals surface area contributed by atoms with E-state index in [1.54, 1.807) is 20.8 Å². The summed E-state index contributed by atoms with van der Waals surface area (Å²) in [6, 6.07) is -0.0136. The summed E-state index contributed by atoms with van der Waals surface area (Å²) in [6.07, 6.45) is -6.80. The van der Waals surface area contributed by atoms with E-state index in [2.05, 4.69) is 0 Å². The fraction of sp³-hybridized carbons (Fsp3) is 1.00. The molecule has 0 rings (SSSR count). The second-order valence-corrected chi connectivity index (χ2v) is 7.44. The highest BCUT2D eigenvalue weighted by atomic mass is 28.4. The predicted molar refractivity (Wildman–Crippen MR) is 59.9 cm³/mol. The van der Waals surface area contributed by atoms with Gasteiger partial charge in [0.05, 0.1) is 0 Å². The van der Waals surface area contributed by atoms with Crippen molar-refractivity contribution in [2.45, 2.75) is 51.4 Å². The average Bonchev–Trinajstić information content (AvgIpc) is 2.25. The van der Waals surface area contributed by atoms with E-state index in [0.717, 1.165) is 0 Å². The molecule has 0 bridgehead atoms. The molecule has 0 saturated carbocycles. The first kappa shape index (κ1) is 17.8. The minimum atomic E-state index is -5.51. The highest BCUT2D eigenvalue weighted by Gasteiger charge is 2.58. The smallest absolute Gasteiger partial charge is 0.394 e. The molecule has 0 amide bonds. The fourth-order valence-electron chi connectivity index (χ4n) is 1.58. The third-order valence-corrected chi connectivity index (χ3v) is 6.31. The molecule has 18 heavy (non-hydrogen) atoms. The first-order valence-corrected chi connectivity index (χ1v) is 8.09. The predicted octanol–water partition coefficient (Wildman–Crippen LogP) is 4.11. The third-order valence-electron chi connectivity index (χ3n) is 2.59. The van der Waals surface area contributed by atoms with Crippen LogP contribution in [0.4, 0.5) is 22.0 Å². The van der Waals surface area contributed by atoms with Gasteiger partial charge in [0.1, 0.15) is 0 Å². The van der Waals surface area contributed by atoms with Crippen molar-refractivity contribution in [2.75, 3.05) is 13.2 Å². The standard InChI is InChI=1S/C10H19F5O2Si/c1-4-16-18(6-3,17-5-2)8-7-9(11,12)10(13,14)15/h4-8H2,1-3H3. The van der Waals surface area contributed by atoms with Crippen LogP contribution >= 0.6 is 0 Å². The molecule has 0 aliphatic rings. The summed E-state index contributed by atoms with van der Waals surface area (Å²) < 4.78 is 72.6. The second kappa shape index (κ2) is 6.81. The number of rotatable bonds is 8. The number of alkyl halides is 5.